The second kappa shape index (κ2) is 16.7. The predicted molar refractivity (Wildman–Crippen MR) is 209 cm³/mol. The molecule has 10 nitrogen and oxygen atoms in total. The molecular weight excluding hydrogens is 720 g/mol. The van der Waals surface area contributed by atoms with E-state index in [0.29, 0.717) is 41.0 Å². The molecule has 288 valence electrons. The standard InChI is InChI=1S/C22H23NO4.C19H23NO2.C3HClO2/c1-4-26-22(25)27-20-17-7-5-6-10-23(17)21(24)19(20)18-13(2)11-16(12-14(18)3)15-8-9-15;1-11-9-14(13-6-7-13)10-12(2)16(11)17-18(21)15-5-3-4-8-20(15)19(17)22;1-2-6-3(4)5/h1,11-12,15,17H,5-10H2,2-3H3;9-10,13,15,21H,3-8H2,1-2H3;1H. The number of ether oxygens (including phenoxy) is 3. The summed E-state index contributed by atoms with van der Waals surface area (Å²) in [7, 11) is 0. The Morgan fingerprint density at radius 3 is 1.55 bits per heavy atom. The Hall–Kier alpha value is -5.19. The molecule has 6 aliphatic rings. The largest absolute Gasteiger partial charge is 0.528 e. The van der Waals surface area contributed by atoms with Crippen molar-refractivity contribution in [2.75, 3.05) is 13.1 Å². The summed E-state index contributed by atoms with van der Waals surface area (Å²) in [5, 5.41) is 10.7. The minimum atomic E-state index is -0.975. The van der Waals surface area contributed by atoms with Gasteiger partial charge in [0.05, 0.1) is 23.2 Å². The number of fused-ring (bicyclic) bond motifs is 2. The summed E-state index contributed by atoms with van der Waals surface area (Å²) in [5.74, 6) is 1.97. The van der Waals surface area contributed by atoms with Gasteiger partial charge in [0, 0.05) is 24.7 Å². The summed E-state index contributed by atoms with van der Waals surface area (Å²) in [4.78, 5) is 51.1. The topological polar surface area (TPSA) is 123 Å². The van der Waals surface area contributed by atoms with Crippen LogP contribution in [0.5, 0.6) is 0 Å². The Morgan fingerprint density at radius 1 is 0.691 bits per heavy atom. The SMILES string of the molecule is C#COC(=O)Cl.C#COC(=O)OC1=C(c2c(C)cc(C3CC3)cc2C)C(=O)N2CCCCC12.Cc1cc(C2CC2)cc(C)c1C1=C(O)C2CCCCN2C1=O. The summed E-state index contributed by atoms with van der Waals surface area (Å²) in [6.45, 7) is 9.61. The molecule has 4 aliphatic heterocycles. The lowest BCUT2D eigenvalue weighted by molar-refractivity contribution is -0.127. The fraction of sp³-hybridized carbons (Fsp3) is 0.455. The Balaban J connectivity index is 0.000000166. The van der Waals surface area contributed by atoms with Crippen LogP contribution in [0.2, 0.25) is 0 Å². The molecule has 2 atom stereocenters. The van der Waals surface area contributed by atoms with Crippen molar-refractivity contribution < 1.29 is 38.5 Å². The van der Waals surface area contributed by atoms with Gasteiger partial charge in [0.15, 0.2) is 0 Å². The van der Waals surface area contributed by atoms with E-state index in [1.165, 1.54) is 36.8 Å². The van der Waals surface area contributed by atoms with E-state index in [9.17, 15) is 24.3 Å². The van der Waals surface area contributed by atoms with Crippen molar-refractivity contribution in [2.24, 2.45) is 0 Å². The maximum Gasteiger partial charge on any atom is 0.528 e. The third-order valence-corrected chi connectivity index (χ3v) is 11.3. The third-order valence-electron chi connectivity index (χ3n) is 11.3. The third kappa shape index (κ3) is 8.40. The van der Waals surface area contributed by atoms with Crippen LogP contribution in [0.4, 0.5) is 9.59 Å². The van der Waals surface area contributed by atoms with E-state index < -0.39 is 11.6 Å². The van der Waals surface area contributed by atoms with Crippen LogP contribution < -0.4 is 0 Å². The molecule has 0 spiro atoms. The maximum atomic E-state index is 13.2. The molecule has 0 bridgehead atoms. The first-order valence-electron chi connectivity index (χ1n) is 19.0. The first kappa shape index (κ1) is 39.5. The highest BCUT2D eigenvalue weighted by atomic mass is 35.5. The average molecular weight is 767 g/mol. The predicted octanol–water partition coefficient (Wildman–Crippen LogP) is 8.83. The summed E-state index contributed by atoms with van der Waals surface area (Å²) < 4.78 is 13.7. The number of halogens is 1. The molecule has 2 amide bonds. The van der Waals surface area contributed by atoms with Gasteiger partial charge in [-0.3, -0.25) is 9.59 Å². The Bertz CT molecular complexity index is 2020. The first-order chi connectivity index (χ1) is 26.4. The van der Waals surface area contributed by atoms with Crippen LogP contribution in [0.1, 0.15) is 121 Å². The lowest BCUT2D eigenvalue weighted by atomic mass is 9.91. The van der Waals surface area contributed by atoms with E-state index in [-0.39, 0.29) is 23.9 Å². The molecule has 4 heterocycles. The quantitative estimate of drug-likeness (QED) is 0.182. The summed E-state index contributed by atoms with van der Waals surface area (Å²) in [6.07, 6.45) is 22.7. The lowest BCUT2D eigenvalue weighted by Crippen LogP contribution is -2.40. The second-order valence-corrected chi connectivity index (χ2v) is 15.5. The van der Waals surface area contributed by atoms with Crippen LogP contribution >= 0.6 is 11.6 Å². The summed E-state index contributed by atoms with van der Waals surface area (Å²) in [5.41, 5.74) is 8.92. The number of aryl methyl sites for hydroxylation is 4. The number of carbonyl (C=O) groups is 4. The monoisotopic (exact) mass is 766 g/mol. The zero-order valence-corrected chi connectivity index (χ0v) is 32.6. The molecule has 8 rings (SSSR count). The van der Waals surface area contributed by atoms with Gasteiger partial charge in [0.25, 0.3) is 11.8 Å². The van der Waals surface area contributed by atoms with Crippen LogP contribution in [0, 0.1) is 52.8 Å². The molecule has 2 unspecified atom stereocenters. The highest BCUT2D eigenvalue weighted by molar-refractivity contribution is 6.61. The van der Waals surface area contributed by atoms with Gasteiger partial charge in [-0.2, -0.15) is 0 Å². The van der Waals surface area contributed by atoms with Crippen LogP contribution in [0.3, 0.4) is 0 Å². The first-order valence-corrected chi connectivity index (χ1v) is 19.4. The second-order valence-electron chi connectivity index (χ2n) is 15.2. The van der Waals surface area contributed by atoms with Gasteiger partial charge in [-0.05, 0) is 148 Å². The van der Waals surface area contributed by atoms with Gasteiger partial charge in [-0.25, -0.2) is 9.59 Å². The van der Waals surface area contributed by atoms with Gasteiger partial charge in [-0.15, -0.1) is 0 Å². The normalized spacial score (nSPS) is 21.3. The number of hydrogen-bond acceptors (Lipinski definition) is 8. The van der Waals surface area contributed by atoms with E-state index in [1.807, 2.05) is 29.8 Å². The average Bonchev–Trinajstić information content (AvgIpc) is 4.08. The Morgan fingerprint density at radius 2 is 1.13 bits per heavy atom. The van der Waals surface area contributed by atoms with Crippen molar-refractivity contribution in [1.82, 2.24) is 9.80 Å². The number of piperidine rings is 2. The molecular formula is C44H47ClN2O8. The van der Waals surface area contributed by atoms with Crippen molar-refractivity contribution in [2.45, 2.75) is 116 Å². The number of aliphatic hydroxyl groups is 1. The highest BCUT2D eigenvalue weighted by Crippen LogP contribution is 2.46. The van der Waals surface area contributed by atoms with Gasteiger partial charge in [0.1, 0.15) is 23.7 Å². The zero-order chi connectivity index (χ0) is 39.6. The van der Waals surface area contributed by atoms with Crippen molar-refractivity contribution in [3.05, 3.63) is 80.3 Å². The number of terminal acetylenes is 2. The molecule has 0 radical (unpaired) electrons. The molecule has 2 saturated heterocycles. The van der Waals surface area contributed by atoms with Gasteiger partial charge in [0.2, 0.25) is 0 Å². The molecule has 2 saturated carbocycles. The number of rotatable bonds is 5. The molecule has 55 heavy (non-hydrogen) atoms. The van der Waals surface area contributed by atoms with Crippen LogP contribution in [-0.2, 0) is 23.8 Å². The van der Waals surface area contributed by atoms with E-state index in [2.05, 4.69) is 65.6 Å². The van der Waals surface area contributed by atoms with Crippen molar-refractivity contribution in [3.8, 4) is 25.1 Å². The molecule has 2 aromatic rings. The van der Waals surface area contributed by atoms with Gasteiger partial charge < -0.3 is 29.1 Å². The molecule has 11 heteroatoms. The van der Waals surface area contributed by atoms with E-state index in [4.69, 9.17) is 11.2 Å². The molecule has 0 aromatic heterocycles. The number of amides is 2. The fourth-order valence-corrected chi connectivity index (χ4v) is 8.66. The van der Waals surface area contributed by atoms with Gasteiger partial charge >= 0.3 is 11.6 Å². The number of benzene rings is 2. The van der Waals surface area contributed by atoms with Crippen LogP contribution in [0.15, 0.2) is 35.8 Å². The lowest BCUT2D eigenvalue weighted by Gasteiger charge is -2.30. The zero-order valence-electron chi connectivity index (χ0n) is 31.8. The summed E-state index contributed by atoms with van der Waals surface area (Å²) in [6, 6.07) is 8.44. The van der Waals surface area contributed by atoms with Crippen molar-refractivity contribution in [3.63, 3.8) is 0 Å². The van der Waals surface area contributed by atoms with Crippen LogP contribution in [-0.4, -0.2) is 63.5 Å². The molecule has 2 aliphatic carbocycles. The molecule has 1 N–H and O–H groups in total. The van der Waals surface area contributed by atoms with E-state index in [0.717, 1.165) is 78.5 Å². The fourth-order valence-electron chi connectivity index (χ4n) is 8.62. The van der Waals surface area contributed by atoms with Crippen molar-refractivity contribution in [1.29, 1.82) is 0 Å². The minimum Gasteiger partial charge on any atom is -0.509 e. The maximum absolute atomic E-state index is 13.2. The molecule has 4 fully saturated rings. The van der Waals surface area contributed by atoms with E-state index in [1.54, 1.807) is 6.11 Å². The number of carbonyl (C=O) groups excluding carboxylic acids is 4. The molecule has 2 aromatic carbocycles. The number of nitrogens with zero attached hydrogens (tertiary/aromatic N) is 2. The Kier molecular flexibility index (Phi) is 12.0. The van der Waals surface area contributed by atoms with E-state index >= 15 is 0 Å². The highest BCUT2D eigenvalue weighted by Gasteiger charge is 2.45. The van der Waals surface area contributed by atoms with Crippen LogP contribution in [0.25, 0.3) is 11.1 Å². The number of aliphatic hydroxyl groups excluding tert-OH is 1. The van der Waals surface area contributed by atoms with Gasteiger partial charge in [-0.1, -0.05) is 37.1 Å². The van der Waals surface area contributed by atoms with Crippen molar-refractivity contribution >= 4 is 46.1 Å². The number of hydrogen-bond donors (Lipinski definition) is 1. The minimum absolute atomic E-state index is 0.0209. The Labute approximate surface area is 327 Å². The smallest absolute Gasteiger partial charge is 0.509 e. The summed E-state index contributed by atoms with van der Waals surface area (Å²) >= 11 is 4.57.